The van der Waals surface area contributed by atoms with Gasteiger partial charge in [-0.1, -0.05) is 55.8 Å². The van der Waals surface area contributed by atoms with Gasteiger partial charge < -0.3 is 4.74 Å². The number of hydrogen-bond donors (Lipinski definition) is 0. The number of halogens is 1. The number of ether oxygens (including phenoxy) is 1. The summed E-state index contributed by atoms with van der Waals surface area (Å²) in [6, 6.07) is 14.2. The molecule has 0 aromatic heterocycles. The summed E-state index contributed by atoms with van der Waals surface area (Å²) in [6.07, 6.45) is 0.799. The van der Waals surface area contributed by atoms with Crippen molar-refractivity contribution >= 4 is 55.3 Å². The first kappa shape index (κ1) is 19.3. The van der Waals surface area contributed by atoms with Gasteiger partial charge in [0, 0.05) is 0 Å². The molecule has 1 unspecified atom stereocenters. The molecule has 0 radical (unpaired) electrons. The van der Waals surface area contributed by atoms with Crippen molar-refractivity contribution < 1.29 is 9.53 Å². The molecule has 112 valence electrons. The van der Waals surface area contributed by atoms with Crippen molar-refractivity contribution in [2.24, 2.45) is 0 Å². The van der Waals surface area contributed by atoms with Crippen LogP contribution in [0.3, 0.4) is 0 Å². The van der Waals surface area contributed by atoms with E-state index in [1.165, 1.54) is 12.4 Å². The summed E-state index contributed by atoms with van der Waals surface area (Å²) in [6.45, 7) is 4.38. The van der Waals surface area contributed by atoms with Crippen molar-refractivity contribution in [3.05, 3.63) is 53.1 Å². The molecule has 2 nitrogen and oxygen atoms in total. The molecule has 0 heterocycles. The summed E-state index contributed by atoms with van der Waals surface area (Å²) in [5, 5.41) is 2.86. The average molecular weight is 329 g/mol. The summed E-state index contributed by atoms with van der Waals surface area (Å²) in [4.78, 5) is 11.3. The Labute approximate surface area is 150 Å². The molecule has 0 aliphatic rings. The van der Waals surface area contributed by atoms with Gasteiger partial charge in [0.25, 0.3) is 0 Å². The van der Waals surface area contributed by atoms with Crippen molar-refractivity contribution in [3.63, 3.8) is 0 Å². The van der Waals surface area contributed by atoms with Crippen LogP contribution in [-0.4, -0.2) is 37.9 Å². The van der Waals surface area contributed by atoms with Gasteiger partial charge in [-0.25, -0.2) is 0 Å². The quantitative estimate of drug-likeness (QED) is 0.478. The van der Waals surface area contributed by atoms with Crippen LogP contribution in [0.5, 0.6) is 5.75 Å². The normalized spacial score (nSPS) is 11.7. The van der Waals surface area contributed by atoms with Gasteiger partial charge >= 0.3 is 18.9 Å². The first-order chi connectivity index (χ1) is 10.1. The van der Waals surface area contributed by atoms with Gasteiger partial charge in [0.1, 0.15) is 5.75 Å². The molecule has 0 N–H and O–H groups in total. The first-order valence-corrected chi connectivity index (χ1v) is 8.54. The Morgan fingerprint density at radius 1 is 1.14 bits per heavy atom. The third-order valence-electron chi connectivity index (χ3n) is 3.22. The number of hydrogen-bond acceptors (Lipinski definition) is 2. The number of benzene rings is 2. The molecule has 2 aromatic rings. The SMILES string of the molecule is COc1c(Cl)cc(P(c2ccccc2)C(C)C)cc1C=O.[LiH]. The van der Waals surface area contributed by atoms with E-state index in [2.05, 4.69) is 26.0 Å². The number of carbonyl (C=O) groups excluding carboxylic acids is 1. The fourth-order valence-corrected chi connectivity index (χ4v) is 5.29. The van der Waals surface area contributed by atoms with Crippen molar-refractivity contribution in [3.8, 4) is 5.75 Å². The molecule has 0 spiro atoms. The fraction of sp³-hybridized carbons (Fsp3) is 0.235. The minimum atomic E-state index is -0.564. The van der Waals surface area contributed by atoms with E-state index < -0.39 is 7.92 Å². The molecule has 5 heteroatoms. The Balaban J connectivity index is 0.00000242. The van der Waals surface area contributed by atoms with Crippen molar-refractivity contribution in [1.82, 2.24) is 0 Å². The van der Waals surface area contributed by atoms with Crippen LogP contribution >= 0.6 is 19.5 Å². The Hall–Kier alpha value is -0.773. The third kappa shape index (κ3) is 4.15. The van der Waals surface area contributed by atoms with Crippen LogP contribution in [0.15, 0.2) is 42.5 Å². The molecule has 2 rings (SSSR count). The number of methoxy groups -OCH3 is 1. The van der Waals surface area contributed by atoms with Crippen molar-refractivity contribution in [1.29, 1.82) is 0 Å². The third-order valence-corrected chi connectivity index (χ3v) is 6.20. The zero-order valence-corrected chi connectivity index (χ0v) is 14.0. The van der Waals surface area contributed by atoms with E-state index in [0.717, 1.165) is 11.6 Å². The first-order valence-electron chi connectivity index (χ1n) is 6.75. The van der Waals surface area contributed by atoms with Gasteiger partial charge in [-0.05, 0) is 36.3 Å². The number of aldehydes is 1. The van der Waals surface area contributed by atoms with Crippen molar-refractivity contribution in [2.45, 2.75) is 19.5 Å². The molecule has 0 aliphatic carbocycles. The van der Waals surface area contributed by atoms with Gasteiger partial charge in [0.2, 0.25) is 0 Å². The Morgan fingerprint density at radius 3 is 2.27 bits per heavy atom. The maximum atomic E-state index is 11.3. The summed E-state index contributed by atoms with van der Waals surface area (Å²) in [5.41, 5.74) is 0.954. The second kappa shape index (κ2) is 8.75. The van der Waals surface area contributed by atoms with E-state index in [9.17, 15) is 4.79 Å². The van der Waals surface area contributed by atoms with Crippen LogP contribution in [0.2, 0.25) is 5.02 Å². The second-order valence-corrected chi connectivity index (χ2v) is 8.18. The van der Waals surface area contributed by atoms with Crippen molar-refractivity contribution in [2.75, 3.05) is 7.11 Å². The molecule has 0 amide bonds. The van der Waals surface area contributed by atoms with E-state index in [1.807, 2.05) is 30.3 Å². The summed E-state index contributed by atoms with van der Waals surface area (Å²) < 4.78 is 5.21. The molecule has 1 atom stereocenters. The molecule has 0 saturated heterocycles. The van der Waals surface area contributed by atoms with Gasteiger partial charge in [-0.3, -0.25) is 4.79 Å². The van der Waals surface area contributed by atoms with E-state index in [4.69, 9.17) is 16.3 Å². The topological polar surface area (TPSA) is 26.3 Å². The average Bonchev–Trinajstić information content (AvgIpc) is 2.47. The zero-order chi connectivity index (χ0) is 15.4. The molecular formula is C17H19ClLiO2P. The van der Waals surface area contributed by atoms with Gasteiger partial charge in [0.15, 0.2) is 6.29 Å². The number of rotatable bonds is 5. The predicted molar refractivity (Wildman–Crippen MR) is 98.3 cm³/mol. The number of carbonyl (C=O) groups is 1. The van der Waals surface area contributed by atoms with E-state index >= 15 is 0 Å². The second-order valence-electron chi connectivity index (χ2n) is 4.97. The molecule has 0 fully saturated rings. The van der Waals surface area contributed by atoms with E-state index in [0.29, 0.717) is 22.0 Å². The monoisotopic (exact) mass is 328 g/mol. The molecule has 0 saturated carbocycles. The van der Waals surface area contributed by atoms with Crippen LogP contribution in [0, 0.1) is 0 Å². The zero-order valence-electron chi connectivity index (χ0n) is 12.3. The Morgan fingerprint density at radius 2 is 1.77 bits per heavy atom. The summed E-state index contributed by atoms with van der Waals surface area (Å²) >= 11 is 6.28. The van der Waals surface area contributed by atoms with E-state index in [1.54, 1.807) is 0 Å². The van der Waals surface area contributed by atoms with Crippen LogP contribution in [0.1, 0.15) is 24.2 Å². The van der Waals surface area contributed by atoms with Crippen LogP contribution in [-0.2, 0) is 0 Å². The van der Waals surface area contributed by atoms with E-state index in [-0.39, 0.29) is 18.9 Å². The van der Waals surface area contributed by atoms with Gasteiger partial charge in [0.05, 0.1) is 17.7 Å². The maximum absolute atomic E-state index is 11.3. The van der Waals surface area contributed by atoms with Crippen LogP contribution < -0.4 is 15.3 Å². The summed E-state index contributed by atoms with van der Waals surface area (Å²) in [5.74, 6) is 0.446. The van der Waals surface area contributed by atoms with Gasteiger partial charge in [-0.15, -0.1) is 0 Å². The van der Waals surface area contributed by atoms with Gasteiger partial charge in [-0.2, -0.15) is 0 Å². The van der Waals surface area contributed by atoms with Crippen LogP contribution in [0.25, 0.3) is 0 Å². The predicted octanol–water partition coefficient (Wildman–Crippen LogP) is 3.35. The fourth-order valence-electron chi connectivity index (χ4n) is 2.38. The summed E-state index contributed by atoms with van der Waals surface area (Å²) in [7, 11) is 0.960. The standard InChI is InChI=1S/C17H18ClO2P.Li.H/c1-12(2)21(14-7-5-4-6-8-14)15-9-13(11-19)17(20-3)16(18)10-15;;/h4-12H,1-3H3;;. The molecule has 22 heavy (non-hydrogen) atoms. The molecular weight excluding hydrogens is 310 g/mol. The van der Waals surface area contributed by atoms with Crippen LogP contribution in [0.4, 0.5) is 0 Å². The minimum absolute atomic E-state index is 0. The molecule has 2 aromatic carbocycles. The Bertz CT molecular complexity index is 632. The molecule has 0 bridgehead atoms. The molecule has 0 aliphatic heterocycles. The Kier molecular flexibility index (Phi) is 7.67.